The molecular formula is C9H14N4O3S. The van der Waals surface area contributed by atoms with Gasteiger partial charge in [0.2, 0.25) is 0 Å². The zero-order valence-electron chi connectivity index (χ0n) is 9.30. The normalized spacial score (nSPS) is 10.9. The minimum absolute atomic E-state index is 0.113. The van der Waals surface area contributed by atoms with Gasteiger partial charge in [-0.15, -0.1) is 0 Å². The number of nitrogens with zero attached hydrogens (tertiary/aromatic N) is 1. The van der Waals surface area contributed by atoms with Gasteiger partial charge in [-0.25, -0.2) is 22.9 Å². The summed E-state index contributed by atoms with van der Waals surface area (Å²) in [7, 11) is -3.89. The summed E-state index contributed by atoms with van der Waals surface area (Å²) in [5, 5.41) is 2.40. The summed E-state index contributed by atoms with van der Waals surface area (Å²) >= 11 is 0. The van der Waals surface area contributed by atoms with Gasteiger partial charge in [-0.1, -0.05) is 6.92 Å². The third kappa shape index (κ3) is 3.91. The second kappa shape index (κ2) is 5.48. The largest absolute Gasteiger partial charge is 0.384 e. The van der Waals surface area contributed by atoms with E-state index >= 15 is 0 Å². The fourth-order valence-electron chi connectivity index (χ4n) is 1.01. The molecule has 0 bridgehead atoms. The number of pyridine rings is 1. The monoisotopic (exact) mass is 258 g/mol. The molecule has 17 heavy (non-hydrogen) atoms. The summed E-state index contributed by atoms with van der Waals surface area (Å²) in [5.41, 5.74) is 5.33. The Morgan fingerprint density at radius 2 is 2.18 bits per heavy atom. The van der Waals surface area contributed by atoms with Crippen molar-refractivity contribution in [3.8, 4) is 0 Å². The third-order valence-corrected chi connectivity index (χ3v) is 3.15. The Hall–Kier alpha value is -1.83. The molecule has 1 aromatic rings. The van der Waals surface area contributed by atoms with Crippen LogP contribution in [0.15, 0.2) is 23.2 Å². The van der Waals surface area contributed by atoms with Crippen molar-refractivity contribution < 1.29 is 13.2 Å². The number of carbonyl (C=O) groups excluding carboxylic acids is 1. The van der Waals surface area contributed by atoms with E-state index in [1.165, 1.54) is 12.1 Å². The average molecular weight is 258 g/mol. The van der Waals surface area contributed by atoms with Crippen LogP contribution < -0.4 is 15.8 Å². The van der Waals surface area contributed by atoms with E-state index in [-0.39, 0.29) is 10.7 Å². The van der Waals surface area contributed by atoms with Gasteiger partial charge in [-0.05, 0) is 18.6 Å². The quantitative estimate of drug-likeness (QED) is 0.706. The van der Waals surface area contributed by atoms with E-state index in [2.05, 4.69) is 10.3 Å². The smallest absolute Gasteiger partial charge is 0.328 e. The van der Waals surface area contributed by atoms with Crippen LogP contribution in [0.3, 0.4) is 0 Å². The fraction of sp³-hybridized carbons (Fsp3) is 0.333. The average Bonchev–Trinajstić information content (AvgIpc) is 2.26. The Morgan fingerprint density at radius 3 is 2.71 bits per heavy atom. The second-order valence-electron chi connectivity index (χ2n) is 3.28. The summed E-state index contributed by atoms with van der Waals surface area (Å²) in [6.45, 7) is 2.26. The highest BCUT2D eigenvalue weighted by Crippen LogP contribution is 2.07. The number of hydrogen-bond acceptors (Lipinski definition) is 5. The first kappa shape index (κ1) is 13.2. The van der Waals surface area contributed by atoms with Crippen LogP contribution in [-0.4, -0.2) is 26.0 Å². The standard InChI is InChI=1S/C9H14N4O3S/c1-2-5-11-9(14)13-17(15,16)7-3-4-8(10)12-6-7/h3-4,6H,2,5H2,1H3,(H2,10,12)(H2,11,13,14). The van der Waals surface area contributed by atoms with Crippen molar-refractivity contribution in [3.63, 3.8) is 0 Å². The molecule has 1 aromatic heterocycles. The Balaban J connectivity index is 2.75. The van der Waals surface area contributed by atoms with Crippen LogP contribution in [0.5, 0.6) is 0 Å². The lowest BCUT2D eigenvalue weighted by Gasteiger charge is -2.07. The number of hydrogen-bond donors (Lipinski definition) is 3. The predicted octanol–water partition coefficient (Wildman–Crippen LogP) is 0.0617. The summed E-state index contributed by atoms with van der Waals surface area (Å²) in [6.07, 6.45) is 1.81. The van der Waals surface area contributed by atoms with E-state index in [1.807, 2.05) is 11.6 Å². The van der Waals surface area contributed by atoms with E-state index in [0.29, 0.717) is 6.54 Å². The van der Waals surface area contributed by atoms with E-state index in [1.54, 1.807) is 0 Å². The van der Waals surface area contributed by atoms with Gasteiger partial charge in [-0.3, -0.25) is 0 Å². The van der Waals surface area contributed by atoms with Gasteiger partial charge in [0.1, 0.15) is 10.7 Å². The molecule has 0 aliphatic carbocycles. The minimum atomic E-state index is -3.89. The van der Waals surface area contributed by atoms with Gasteiger partial charge in [0.05, 0.1) is 0 Å². The number of nitrogens with two attached hydrogens (primary N) is 1. The highest BCUT2D eigenvalue weighted by molar-refractivity contribution is 7.90. The Kier molecular flexibility index (Phi) is 4.27. The van der Waals surface area contributed by atoms with Gasteiger partial charge < -0.3 is 11.1 Å². The van der Waals surface area contributed by atoms with E-state index in [4.69, 9.17) is 5.73 Å². The zero-order chi connectivity index (χ0) is 12.9. The van der Waals surface area contributed by atoms with Crippen molar-refractivity contribution in [2.45, 2.75) is 18.2 Å². The number of nitrogens with one attached hydrogen (secondary N) is 2. The Labute approximate surface area is 99.5 Å². The molecule has 94 valence electrons. The van der Waals surface area contributed by atoms with Crippen molar-refractivity contribution in [2.75, 3.05) is 12.3 Å². The van der Waals surface area contributed by atoms with Crippen molar-refractivity contribution in [2.24, 2.45) is 0 Å². The Morgan fingerprint density at radius 1 is 1.47 bits per heavy atom. The fourth-order valence-corrected chi connectivity index (χ4v) is 1.88. The van der Waals surface area contributed by atoms with Crippen molar-refractivity contribution in [3.05, 3.63) is 18.3 Å². The van der Waals surface area contributed by atoms with Crippen molar-refractivity contribution >= 4 is 21.9 Å². The SMILES string of the molecule is CCCNC(=O)NS(=O)(=O)c1ccc(N)nc1. The van der Waals surface area contributed by atoms with E-state index in [0.717, 1.165) is 12.6 Å². The zero-order valence-corrected chi connectivity index (χ0v) is 10.1. The van der Waals surface area contributed by atoms with Gasteiger partial charge in [-0.2, -0.15) is 0 Å². The number of urea groups is 1. The predicted molar refractivity (Wildman–Crippen MR) is 62.7 cm³/mol. The molecule has 0 spiro atoms. The molecule has 0 unspecified atom stereocenters. The maximum atomic E-state index is 11.7. The molecule has 4 N–H and O–H groups in total. The number of carbonyl (C=O) groups is 1. The number of rotatable bonds is 4. The summed E-state index contributed by atoms with van der Waals surface area (Å²) in [6, 6.07) is 1.86. The topological polar surface area (TPSA) is 114 Å². The van der Waals surface area contributed by atoms with E-state index < -0.39 is 16.1 Å². The molecule has 7 nitrogen and oxygen atoms in total. The van der Waals surface area contributed by atoms with Crippen molar-refractivity contribution in [1.82, 2.24) is 15.0 Å². The Bertz CT molecular complexity index is 483. The molecule has 0 aliphatic heterocycles. The van der Waals surface area contributed by atoms with Crippen LogP contribution in [0.1, 0.15) is 13.3 Å². The molecule has 0 saturated heterocycles. The number of nitrogen functional groups attached to an aromatic ring is 1. The van der Waals surface area contributed by atoms with Gasteiger partial charge in [0, 0.05) is 12.7 Å². The maximum absolute atomic E-state index is 11.7. The summed E-state index contributed by atoms with van der Waals surface area (Å²) in [4.78, 5) is 14.7. The van der Waals surface area contributed by atoms with Crippen molar-refractivity contribution in [1.29, 1.82) is 0 Å². The molecule has 0 fully saturated rings. The molecule has 0 aromatic carbocycles. The van der Waals surface area contributed by atoms with Crippen LogP contribution in [0.4, 0.5) is 10.6 Å². The lowest BCUT2D eigenvalue weighted by molar-refractivity contribution is 0.246. The first-order valence-corrected chi connectivity index (χ1v) is 6.46. The number of sulfonamides is 1. The molecule has 1 rings (SSSR count). The van der Waals surface area contributed by atoms with Gasteiger partial charge in [0.15, 0.2) is 0 Å². The molecule has 1 heterocycles. The molecular weight excluding hydrogens is 244 g/mol. The van der Waals surface area contributed by atoms with Crippen LogP contribution in [0.25, 0.3) is 0 Å². The van der Waals surface area contributed by atoms with Crippen LogP contribution in [0.2, 0.25) is 0 Å². The minimum Gasteiger partial charge on any atom is -0.384 e. The first-order valence-electron chi connectivity index (χ1n) is 4.98. The lowest BCUT2D eigenvalue weighted by atomic mass is 10.5. The van der Waals surface area contributed by atoms with E-state index in [9.17, 15) is 13.2 Å². The van der Waals surface area contributed by atoms with Crippen LogP contribution >= 0.6 is 0 Å². The highest BCUT2D eigenvalue weighted by Gasteiger charge is 2.17. The van der Waals surface area contributed by atoms with Crippen LogP contribution in [0, 0.1) is 0 Å². The molecule has 8 heteroatoms. The van der Waals surface area contributed by atoms with Crippen LogP contribution in [-0.2, 0) is 10.0 Å². The number of aromatic nitrogens is 1. The molecule has 2 amide bonds. The number of amides is 2. The first-order chi connectivity index (χ1) is 7.95. The third-order valence-electron chi connectivity index (χ3n) is 1.83. The molecule has 0 aliphatic rings. The van der Waals surface area contributed by atoms with Gasteiger partial charge >= 0.3 is 6.03 Å². The molecule has 0 saturated carbocycles. The number of anilines is 1. The molecule has 0 atom stereocenters. The van der Waals surface area contributed by atoms with Gasteiger partial charge in [0.25, 0.3) is 10.0 Å². The maximum Gasteiger partial charge on any atom is 0.328 e. The lowest BCUT2D eigenvalue weighted by Crippen LogP contribution is -2.39. The molecule has 0 radical (unpaired) electrons. The second-order valence-corrected chi connectivity index (χ2v) is 4.96. The summed E-state index contributed by atoms with van der Waals surface area (Å²) in [5.74, 6) is 0.208. The highest BCUT2D eigenvalue weighted by atomic mass is 32.2. The summed E-state index contributed by atoms with van der Waals surface area (Å²) < 4.78 is 25.2.